The third kappa shape index (κ3) is 8.67. The first-order valence-corrected chi connectivity index (χ1v) is 27.8. The molecule has 9 aromatic rings. The van der Waals surface area contributed by atoms with Gasteiger partial charge in [-0.2, -0.15) is 0 Å². The van der Waals surface area contributed by atoms with Crippen molar-refractivity contribution in [1.82, 2.24) is 15.5 Å². The SMILES string of the molecule is CN1C(c2ccc(N3c4ccc(N(c5ccccc5)c5ccccc5)cc4C4CCCNC43)cc2)CC(c2ccc(N3c4ccc(N(c5ccccc5)c5ccccc5)cc4C4CCC=NC43)cc2)NC1c1ccccc1. The van der Waals surface area contributed by atoms with E-state index in [2.05, 4.69) is 285 Å². The largest absolute Gasteiger partial charge is 0.325 e. The number of hydrogen-bond acceptors (Lipinski definition) is 8. The van der Waals surface area contributed by atoms with E-state index >= 15 is 0 Å². The van der Waals surface area contributed by atoms with E-state index in [-0.39, 0.29) is 30.6 Å². The lowest BCUT2D eigenvalue weighted by Crippen LogP contribution is -2.46. The Balaban J connectivity index is 0.760. The van der Waals surface area contributed by atoms with Gasteiger partial charge in [0.1, 0.15) is 6.17 Å². The average Bonchev–Trinajstić information content (AvgIpc) is 4.09. The second-order valence-corrected chi connectivity index (χ2v) is 21.4. The number of benzene rings is 9. The zero-order valence-corrected chi connectivity index (χ0v) is 43.6. The topological polar surface area (TPSA) is 52.6 Å². The summed E-state index contributed by atoms with van der Waals surface area (Å²) >= 11 is 0. The van der Waals surface area contributed by atoms with Crippen LogP contribution < -0.4 is 30.2 Å². The molecule has 380 valence electrons. The number of hydrogen-bond donors (Lipinski definition) is 2. The molecule has 0 aromatic heterocycles. The van der Waals surface area contributed by atoms with Crippen LogP contribution in [0.1, 0.15) is 90.0 Å². The summed E-state index contributed by atoms with van der Waals surface area (Å²) in [5.41, 5.74) is 18.6. The normalized spacial score (nSPS) is 22.4. The van der Waals surface area contributed by atoms with Crippen LogP contribution in [0.25, 0.3) is 0 Å². The first-order valence-electron chi connectivity index (χ1n) is 27.8. The summed E-state index contributed by atoms with van der Waals surface area (Å²) in [7, 11) is 2.29. The van der Waals surface area contributed by atoms with Gasteiger partial charge in [-0.15, -0.1) is 0 Å². The highest BCUT2D eigenvalue weighted by Gasteiger charge is 2.43. The number of aliphatic imine (C=N–C) groups is 1. The Kier molecular flexibility index (Phi) is 12.5. The van der Waals surface area contributed by atoms with Crippen LogP contribution in [0, 0.1) is 0 Å². The molecule has 5 aliphatic rings. The van der Waals surface area contributed by atoms with Crippen LogP contribution in [0.4, 0.5) is 56.9 Å². The van der Waals surface area contributed by atoms with Gasteiger partial charge in [-0.05, 0) is 183 Å². The highest BCUT2D eigenvalue weighted by atomic mass is 15.3. The summed E-state index contributed by atoms with van der Waals surface area (Å²) in [6, 6.07) is 87.4. The van der Waals surface area contributed by atoms with Crippen molar-refractivity contribution in [2.24, 2.45) is 4.99 Å². The second kappa shape index (κ2) is 20.4. The van der Waals surface area contributed by atoms with E-state index in [0.29, 0.717) is 11.8 Å². The fraction of sp³-hybridized carbons (Fsp3) is 0.203. The van der Waals surface area contributed by atoms with Crippen LogP contribution in [-0.4, -0.2) is 37.0 Å². The molecule has 5 heterocycles. The van der Waals surface area contributed by atoms with Gasteiger partial charge < -0.3 is 19.6 Å². The first kappa shape index (κ1) is 47.2. The molecule has 5 aliphatic heterocycles. The molecule has 77 heavy (non-hydrogen) atoms. The number of fused-ring (bicyclic) bond motifs is 6. The smallest absolute Gasteiger partial charge is 0.132 e. The summed E-state index contributed by atoms with van der Waals surface area (Å²) < 4.78 is 0. The highest BCUT2D eigenvalue weighted by Crippen LogP contribution is 2.53. The molecule has 0 aliphatic carbocycles. The van der Waals surface area contributed by atoms with Crippen LogP contribution in [0.2, 0.25) is 0 Å². The van der Waals surface area contributed by atoms with Gasteiger partial charge in [0, 0.05) is 87.0 Å². The molecule has 0 amide bonds. The molecule has 8 heteroatoms. The number of para-hydroxylation sites is 4. The van der Waals surface area contributed by atoms with Crippen molar-refractivity contribution in [3.05, 3.63) is 264 Å². The number of rotatable bonds is 11. The third-order valence-corrected chi connectivity index (χ3v) is 17.1. The van der Waals surface area contributed by atoms with E-state index in [1.54, 1.807) is 0 Å². The van der Waals surface area contributed by atoms with Crippen molar-refractivity contribution in [2.45, 2.75) is 74.5 Å². The van der Waals surface area contributed by atoms with Crippen molar-refractivity contribution in [3.8, 4) is 0 Å². The van der Waals surface area contributed by atoms with E-state index in [9.17, 15) is 0 Å². The van der Waals surface area contributed by atoms with E-state index < -0.39 is 0 Å². The van der Waals surface area contributed by atoms with Crippen LogP contribution >= 0.6 is 0 Å². The van der Waals surface area contributed by atoms with Gasteiger partial charge in [0.15, 0.2) is 0 Å². The van der Waals surface area contributed by atoms with Crippen LogP contribution in [-0.2, 0) is 0 Å². The molecule has 0 saturated carbocycles. The van der Waals surface area contributed by atoms with Crippen molar-refractivity contribution >= 4 is 63.1 Å². The fourth-order valence-corrected chi connectivity index (χ4v) is 13.4. The zero-order chi connectivity index (χ0) is 51.2. The minimum absolute atomic E-state index is 0.0222. The minimum atomic E-state index is 0.0222. The summed E-state index contributed by atoms with van der Waals surface area (Å²) in [5.74, 6) is 0.698. The van der Waals surface area contributed by atoms with Gasteiger partial charge in [-0.1, -0.05) is 127 Å². The molecule has 2 fully saturated rings. The lowest BCUT2D eigenvalue weighted by molar-refractivity contribution is 0.0705. The summed E-state index contributed by atoms with van der Waals surface area (Å²) in [6.45, 7) is 1.02. The van der Waals surface area contributed by atoms with E-state index in [0.717, 1.165) is 60.7 Å². The minimum Gasteiger partial charge on any atom is -0.325 e. The standard InChI is InChI=1S/C69H64N8/c1-73-66(49-33-37-56(38-34-49)77-65-42-40-58(46-62(65)60-30-18-44-71-69(60)77)75(53-25-13-5-14-26-53)54-27-15-6-16-28-54)47-63(72-67(73)50-19-7-2-8-20-50)48-31-35-55(36-32-48)76-64-41-39-57(45-61(64)59-29-17-43-70-68(59)76)74(51-21-9-3-10-22-51)52-23-11-4-12-24-52/h2-16,19-28,31-43,45-46,59-60,63,66-69,71-72H,17-18,29-30,44,47H2,1H3. The molecule has 7 atom stereocenters. The molecule has 7 unspecified atom stereocenters. The fourth-order valence-electron chi connectivity index (χ4n) is 13.4. The number of nitrogens with one attached hydrogen (secondary N) is 2. The molecule has 2 saturated heterocycles. The van der Waals surface area contributed by atoms with Gasteiger partial charge in [0.05, 0.1) is 12.3 Å². The Labute approximate surface area is 453 Å². The molecule has 0 bridgehead atoms. The van der Waals surface area contributed by atoms with Crippen LogP contribution in [0.5, 0.6) is 0 Å². The molecule has 0 radical (unpaired) electrons. The van der Waals surface area contributed by atoms with Crippen molar-refractivity contribution < 1.29 is 0 Å². The zero-order valence-electron chi connectivity index (χ0n) is 43.6. The van der Waals surface area contributed by atoms with Gasteiger partial charge in [-0.25, -0.2) is 0 Å². The maximum Gasteiger partial charge on any atom is 0.132 e. The third-order valence-electron chi connectivity index (χ3n) is 17.1. The van der Waals surface area contributed by atoms with Crippen molar-refractivity contribution in [3.63, 3.8) is 0 Å². The van der Waals surface area contributed by atoms with E-state index in [1.165, 1.54) is 62.7 Å². The highest BCUT2D eigenvalue weighted by molar-refractivity contribution is 5.84. The number of anilines is 10. The Hall–Kier alpha value is -8.27. The van der Waals surface area contributed by atoms with Gasteiger partial charge >= 0.3 is 0 Å². The Morgan fingerprint density at radius 2 is 0.961 bits per heavy atom. The molecule has 2 N–H and O–H groups in total. The lowest BCUT2D eigenvalue weighted by Gasteiger charge is -2.45. The predicted octanol–water partition coefficient (Wildman–Crippen LogP) is 16.4. The van der Waals surface area contributed by atoms with Crippen molar-refractivity contribution in [2.75, 3.05) is 33.2 Å². The first-order chi connectivity index (χ1) is 38.1. The molecular formula is C69H64N8. The second-order valence-electron chi connectivity index (χ2n) is 21.4. The van der Waals surface area contributed by atoms with E-state index in [1.807, 2.05) is 0 Å². The average molecular weight is 1010 g/mol. The summed E-state index contributed by atoms with van der Waals surface area (Å²) in [5, 5.41) is 8.09. The van der Waals surface area contributed by atoms with Crippen LogP contribution in [0.15, 0.2) is 242 Å². The predicted molar refractivity (Wildman–Crippen MR) is 318 cm³/mol. The Bertz CT molecular complexity index is 3420. The Morgan fingerprint density at radius 3 is 1.52 bits per heavy atom. The lowest BCUT2D eigenvalue weighted by atomic mass is 9.89. The molecule has 9 aromatic carbocycles. The van der Waals surface area contributed by atoms with Gasteiger partial charge in [-0.3, -0.25) is 20.5 Å². The maximum absolute atomic E-state index is 5.22. The maximum atomic E-state index is 5.22. The number of piperidine rings is 1. The van der Waals surface area contributed by atoms with Gasteiger partial charge in [0.2, 0.25) is 0 Å². The quantitative estimate of drug-likeness (QED) is 0.134. The monoisotopic (exact) mass is 1000 g/mol. The summed E-state index contributed by atoms with van der Waals surface area (Å²) in [4.78, 5) is 17.6. The van der Waals surface area contributed by atoms with E-state index in [4.69, 9.17) is 4.99 Å². The molecule has 8 nitrogen and oxygen atoms in total. The molecule has 0 spiro atoms. The van der Waals surface area contributed by atoms with Crippen molar-refractivity contribution in [1.29, 1.82) is 0 Å². The summed E-state index contributed by atoms with van der Waals surface area (Å²) in [6.07, 6.45) is 7.72. The van der Waals surface area contributed by atoms with Gasteiger partial charge in [0.25, 0.3) is 0 Å². The Morgan fingerprint density at radius 1 is 0.468 bits per heavy atom. The molecule has 14 rings (SSSR count). The molecular weight excluding hydrogens is 941 g/mol. The van der Waals surface area contributed by atoms with Crippen LogP contribution in [0.3, 0.4) is 0 Å². The number of nitrogens with zero attached hydrogens (tertiary/aromatic N) is 6.